The average molecular weight is 286 g/mol. The van der Waals surface area contributed by atoms with Crippen LogP contribution in [0.15, 0.2) is 47.0 Å². The van der Waals surface area contributed by atoms with Gasteiger partial charge in [-0.1, -0.05) is 0 Å². The first-order valence-corrected chi connectivity index (χ1v) is 6.24. The number of H-pyrrole nitrogens is 1. The molecule has 3 aromatic rings. The van der Waals surface area contributed by atoms with Gasteiger partial charge in [0.2, 0.25) is 5.89 Å². The van der Waals surface area contributed by atoms with E-state index in [2.05, 4.69) is 9.97 Å². The third-order valence-electron chi connectivity index (χ3n) is 2.95. The Morgan fingerprint density at radius 1 is 1.29 bits per heavy atom. The fourth-order valence-electron chi connectivity index (χ4n) is 2.01. The van der Waals surface area contributed by atoms with Crippen molar-refractivity contribution in [3.8, 4) is 22.9 Å². The molecule has 2 heterocycles. The van der Waals surface area contributed by atoms with Gasteiger partial charge in [-0.2, -0.15) is 0 Å². The number of nitrogens with one attached hydrogen (secondary N) is 1. The second kappa shape index (κ2) is 5.24. The van der Waals surface area contributed by atoms with E-state index < -0.39 is 5.97 Å². The molecule has 0 atom stereocenters. The Morgan fingerprint density at radius 2 is 2.05 bits per heavy atom. The normalized spacial score (nSPS) is 10.7. The van der Waals surface area contributed by atoms with Crippen LogP contribution in [0.1, 0.15) is 5.69 Å². The molecule has 0 aliphatic carbocycles. The molecule has 0 fully saturated rings. The summed E-state index contributed by atoms with van der Waals surface area (Å²) in [6, 6.07) is 9.20. The van der Waals surface area contributed by atoms with Gasteiger partial charge in [-0.25, -0.2) is 9.37 Å². The highest BCUT2D eigenvalue weighted by Gasteiger charge is 2.19. The molecule has 0 aliphatic heterocycles. The summed E-state index contributed by atoms with van der Waals surface area (Å²) < 4.78 is 18.6. The topological polar surface area (TPSA) is 79.1 Å². The van der Waals surface area contributed by atoms with Gasteiger partial charge in [0, 0.05) is 11.8 Å². The number of aromatic amines is 1. The van der Waals surface area contributed by atoms with Crippen molar-refractivity contribution >= 4 is 5.97 Å². The number of hydrogen-bond donors (Lipinski definition) is 2. The summed E-state index contributed by atoms with van der Waals surface area (Å²) in [7, 11) is 0. The molecular formula is C15H11FN2O3. The lowest BCUT2D eigenvalue weighted by Crippen LogP contribution is -2.01. The van der Waals surface area contributed by atoms with Crippen molar-refractivity contribution in [3.63, 3.8) is 0 Å². The number of aliphatic carboxylic acids is 1. The molecule has 0 saturated heterocycles. The minimum absolute atomic E-state index is 0.251. The first-order chi connectivity index (χ1) is 10.1. The minimum atomic E-state index is -0.998. The molecule has 0 saturated carbocycles. The van der Waals surface area contributed by atoms with Gasteiger partial charge in [0.25, 0.3) is 0 Å². The Hall–Kier alpha value is -2.89. The second-order valence-corrected chi connectivity index (χ2v) is 4.46. The highest BCUT2D eigenvalue weighted by molar-refractivity contribution is 5.73. The van der Waals surface area contributed by atoms with Gasteiger partial charge in [-0.05, 0) is 36.4 Å². The van der Waals surface area contributed by atoms with Crippen molar-refractivity contribution in [1.82, 2.24) is 9.97 Å². The van der Waals surface area contributed by atoms with Crippen LogP contribution in [-0.2, 0) is 11.2 Å². The first-order valence-electron chi connectivity index (χ1n) is 6.24. The van der Waals surface area contributed by atoms with Gasteiger partial charge in [0.15, 0.2) is 5.76 Å². The van der Waals surface area contributed by atoms with Crippen molar-refractivity contribution in [1.29, 1.82) is 0 Å². The summed E-state index contributed by atoms with van der Waals surface area (Å²) in [5.41, 5.74) is 1.55. The molecule has 0 radical (unpaired) electrons. The molecule has 6 heteroatoms. The molecule has 106 valence electrons. The van der Waals surface area contributed by atoms with Gasteiger partial charge >= 0.3 is 5.97 Å². The predicted molar refractivity (Wildman–Crippen MR) is 73.0 cm³/mol. The highest BCUT2D eigenvalue weighted by atomic mass is 19.1. The summed E-state index contributed by atoms with van der Waals surface area (Å²) in [4.78, 5) is 18.1. The van der Waals surface area contributed by atoms with Crippen LogP contribution in [0, 0.1) is 5.82 Å². The molecule has 2 N–H and O–H groups in total. The third-order valence-corrected chi connectivity index (χ3v) is 2.95. The van der Waals surface area contributed by atoms with Crippen LogP contribution in [0.3, 0.4) is 0 Å². The van der Waals surface area contributed by atoms with E-state index in [1.165, 1.54) is 24.3 Å². The zero-order valence-electron chi connectivity index (χ0n) is 10.8. The van der Waals surface area contributed by atoms with Crippen molar-refractivity contribution in [3.05, 3.63) is 54.1 Å². The summed E-state index contributed by atoms with van der Waals surface area (Å²) >= 11 is 0. The van der Waals surface area contributed by atoms with E-state index in [-0.39, 0.29) is 18.1 Å². The molecule has 0 amide bonds. The molecule has 5 nitrogen and oxygen atoms in total. The fraction of sp³-hybridized carbons (Fsp3) is 0.0667. The number of nitrogens with zero attached hydrogens (tertiary/aromatic N) is 1. The van der Waals surface area contributed by atoms with Crippen molar-refractivity contribution in [2.75, 3.05) is 0 Å². The predicted octanol–water partition coefficient (Wildman–Crippen LogP) is 3.10. The molecule has 0 unspecified atom stereocenters. The lowest BCUT2D eigenvalue weighted by molar-refractivity contribution is -0.136. The highest BCUT2D eigenvalue weighted by Crippen LogP contribution is 2.29. The largest absolute Gasteiger partial charge is 0.481 e. The molecule has 21 heavy (non-hydrogen) atoms. The van der Waals surface area contributed by atoms with E-state index in [0.717, 1.165) is 0 Å². The maximum Gasteiger partial charge on any atom is 0.309 e. The number of benzene rings is 1. The molecular weight excluding hydrogens is 275 g/mol. The van der Waals surface area contributed by atoms with Crippen LogP contribution in [0.2, 0.25) is 0 Å². The molecule has 0 bridgehead atoms. The first kappa shape index (κ1) is 13.1. The SMILES string of the molecule is O=C(O)Cc1nc(-c2ccc(F)cc2)oc1-c1ccc[nH]1. The van der Waals surface area contributed by atoms with E-state index in [9.17, 15) is 9.18 Å². The average Bonchev–Trinajstić information content (AvgIpc) is 3.08. The van der Waals surface area contributed by atoms with Crippen LogP contribution in [-0.4, -0.2) is 21.0 Å². The summed E-state index contributed by atoms with van der Waals surface area (Å²) in [5.74, 6) is -0.722. The number of oxazole rings is 1. The molecule has 3 rings (SSSR count). The maximum atomic E-state index is 12.9. The minimum Gasteiger partial charge on any atom is -0.481 e. The standard InChI is InChI=1S/C15H11FN2O3/c16-10-5-3-9(4-6-10)15-18-12(8-13(19)20)14(21-15)11-2-1-7-17-11/h1-7,17H,8H2,(H,19,20). The number of carboxylic acid groups (broad SMARTS) is 1. The molecule has 0 aliphatic rings. The van der Waals surface area contributed by atoms with Crippen molar-refractivity contribution in [2.45, 2.75) is 6.42 Å². The number of aromatic nitrogens is 2. The second-order valence-electron chi connectivity index (χ2n) is 4.46. The Labute approximate surface area is 119 Å². The van der Waals surface area contributed by atoms with Gasteiger partial charge in [0.05, 0.1) is 12.1 Å². The summed E-state index contributed by atoms with van der Waals surface area (Å²) in [6.07, 6.45) is 1.46. The zero-order chi connectivity index (χ0) is 14.8. The van der Waals surface area contributed by atoms with E-state index in [4.69, 9.17) is 9.52 Å². The maximum absolute atomic E-state index is 12.9. The fourth-order valence-corrected chi connectivity index (χ4v) is 2.01. The third kappa shape index (κ3) is 2.69. The number of hydrogen-bond acceptors (Lipinski definition) is 3. The van der Waals surface area contributed by atoms with Gasteiger partial charge in [-0.3, -0.25) is 4.79 Å². The van der Waals surface area contributed by atoms with E-state index in [0.29, 0.717) is 22.7 Å². The monoisotopic (exact) mass is 286 g/mol. The van der Waals surface area contributed by atoms with Gasteiger partial charge in [-0.15, -0.1) is 0 Å². The number of halogens is 1. The lowest BCUT2D eigenvalue weighted by Gasteiger charge is -1.95. The summed E-state index contributed by atoms with van der Waals surface area (Å²) in [6.45, 7) is 0. The van der Waals surface area contributed by atoms with Gasteiger partial charge in [0.1, 0.15) is 11.5 Å². The van der Waals surface area contributed by atoms with E-state index >= 15 is 0 Å². The Kier molecular flexibility index (Phi) is 3.27. The molecule has 1 aromatic carbocycles. The van der Waals surface area contributed by atoms with Crippen LogP contribution in [0.25, 0.3) is 22.9 Å². The summed E-state index contributed by atoms with van der Waals surface area (Å²) in [5, 5.41) is 8.96. The zero-order valence-corrected chi connectivity index (χ0v) is 10.8. The Balaban J connectivity index is 2.07. The van der Waals surface area contributed by atoms with E-state index in [1.54, 1.807) is 18.3 Å². The Morgan fingerprint density at radius 3 is 2.67 bits per heavy atom. The van der Waals surface area contributed by atoms with Crippen molar-refractivity contribution in [2.24, 2.45) is 0 Å². The molecule has 2 aromatic heterocycles. The van der Waals surface area contributed by atoms with Crippen LogP contribution < -0.4 is 0 Å². The van der Waals surface area contributed by atoms with E-state index in [1.807, 2.05) is 0 Å². The number of carbonyl (C=O) groups is 1. The number of rotatable bonds is 4. The lowest BCUT2D eigenvalue weighted by atomic mass is 10.2. The van der Waals surface area contributed by atoms with Crippen LogP contribution in [0.5, 0.6) is 0 Å². The quantitative estimate of drug-likeness (QED) is 0.772. The van der Waals surface area contributed by atoms with Crippen LogP contribution >= 0.6 is 0 Å². The Bertz CT molecular complexity index is 761. The molecule has 0 spiro atoms. The van der Waals surface area contributed by atoms with Crippen LogP contribution in [0.4, 0.5) is 4.39 Å². The van der Waals surface area contributed by atoms with Crippen molar-refractivity contribution < 1.29 is 18.7 Å². The smallest absolute Gasteiger partial charge is 0.309 e. The van der Waals surface area contributed by atoms with Gasteiger partial charge < -0.3 is 14.5 Å². The number of carboxylic acids is 1.